The van der Waals surface area contributed by atoms with Crippen LogP contribution >= 0.6 is 23.1 Å². The Labute approximate surface area is 289 Å². The summed E-state index contributed by atoms with van der Waals surface area (Å²) >= 11 is 2.82. The SMILES string of the molecule is CC(C)[C@@H]1NC(=O)[C@@H]2CSC(=N2)[C@@H]2CCCN2C(=O)[C@@H](C(C)C)NC(=O)[C@H]2N=C(O[C@@H]2C)[C@@H](Cc2ccccc2)NC(=O)c2csc1n2. The summed E-state index contributed by atoms with van der Waals surface area (Å²) in [6.45, 7) is 10.1. The molecule has 1 aromatic heterocycles. The van der Waals surface area contributed by atoms with Gasteiger partial charge in [-0.3, -0.25) is 24.2 Å². The van der Waals surface area contributed by atoms with Crippen molar-refractivity contribution in [3.63, 3.8) is 0 Å². The van der Waals surface area contributed by atoms with Gasteiger partial charge in [-0.05, 0) is 37.2 Å². The molecule has 5 heterocycles. The number of amides is 4. The molecule has 6 bridgehead atoms. The molecule has 0 aliphatic carbocycles. The topological polar surface area (TPSA) is 154 Å². The molecule has 256 valence electrons. The number of hydrogen-bond acceptors (Lipinski definition) is 10. The largest absolute Gasteiger partial charge is 0.474 e. The number of fused-ring (bicyclic) bond motifs is 6. The van der Waals surface area contributed by atoms with Crippen molar-refractivity contribution in [3.05, 3.63) is 52.0 Å². The molecule has 4 aliphatic rings. The molecule has 0 unspecified atom stereocenters. The number of thiazole rings is 1. The van der Waals surface area contributed by atoms with Crippen molar-refractivity contribution < 1.29 is 23.9 Å². The van der Waals surface area contributed by atoms with Crippen LogP contribution in [0.4, 0.5) is 0 Å². The molecule has 48 heavy (non-hydrogen) atoms. The van der Waals surface area contributed by atoms with Crippen LogP contribution in [0.5, 0.6) is 0 Å². The molecule has 1 fully saturated rings. The molecule has 6 rings (SSSR count). The highest BCUT2D eigenvalue weighted by atomic mass is 32.2. The summed E-state index contributed by atoms with van der Waals surface area (Å²) < 4.78 is 6.16. The molecular weight excluding hydrogens is 651 g/mol. The standard InChI is InChI=1S/C34H43N7O5S2/c1-17(2)25-33-37-22(16-48-33)28(42)35-21(14-20-10-7-6-8-11-20)31-40-27(19(5)46-31)30(44)39-26(18(3)4)34(45)41-13-9-12-24(41)32-36-23(15-47-32)29(43)38-25/h6-8,10-11,16-19,21,23-27H,9,12-15H2,1-5H3,(H,35,42)(H,38,43)(H,39,44)/t19-,21-,23+,24+,25+,26-,27+/m1/s1. The van der Waals surface area contributed by atoms with Gasteiger partial charge in [0.1, 0.15) is 34.9 Å². The van der Waals surface area contributed by atoms with Crippen LogP contribution in [-0.4, -0.2) is 93.1 Å². The van der Waals surface area contributed by atoms with Crippen LogP contribution in [0.2, 0.25) is 0 Å². The first kappa shape index (κ1) is 34.1. The van der Waals surface area contributed by atoms with E-state index >= 15 is 0 Å². The Morgan fingerprint density at radius 2 is 1.69 bits per heavy atom. The molecule has 4 aliphatic heterocycles. The second-order valence-electron chi connectivity index (χ2n) is 13.5. The Kier molecular flexibility index (Phi) is 10.2. The van der Waals surface area contributed by atoms with Crippen molar-refractivity contribution in [3.8, 4) is 0 Å². The van der Waals surface area contributed by atoms with E-state index in [2.05, 4.69) is 20.9 Å². The Hall–Kier alpha value is -3.78. The van der Waals surface area contributed by atoms with E-state index in [1.165, 1.54) is 23.1 Å². The molecule has 0 spiro atoms. The van der Waals surface area contributed by atoms with Gasteiger partial charge < -0.3 is 25.6 Å². The number of nitrogens with one attached hydrogen (secondary N) is 3. The van der Waals surface area contributed by atoms with E-state index in [0.717, 1.165) is 23.4 Å². The lowest BCUT2D eigenvalue weighted by Gasteiger charge is -2.31. The summed E-state index contributed by atoms with van der Waals surface area (Å²) in [5, 5.41) is 12.2. The smallest absolute Gasteiger partial charge is 0.271 e. The van der Waals surface area contributed by atoms with E-state index < -0.39 is 48.1 Å². The minimum atomic E-state index is -0.905. The average Bonchev–Trinajstić information content (AvgIpc) is 3.88. The van der Waals surface area contributed by atoms with Gasteiger partial charge in [-0.2, -0.15) is 0 Å². The minimum Gasteiger partial charge on any atom is -0.474 e. The molecule has 3 N–H and O–H groups in total. The number of benzene rings is 1. The van der Waals surface area contributed by atoms with Gasteiger partial charge in [0, 0.05) is 24.1 Å². The zero-order valence-corrected chi connectivity index (χ0v) is 29.5. The van der Waals surface area contributed by atoms with E-state index in [1.807, 2.05) is 62.9 Å². The van der Waals surface area contributed by atoms with Crippen molar-refractivity contribution >= 4 is 57.7 Å². The van der Waals surface area contributed by atoms with Gasteiger partial charge >= 0.3 is 0 Å². The summed E-state index contributed by atoms with van der Waals surface area (Å²) in [7, 11) is 0. The molecule has 4 amide bonds. The van der Waals surface area contributed by atoms with Gasteiger partial charge in [0.05, 0.1) is 17.1 Å². The highest BCUT2D eigenvalue weighted by Gasteiger charge is 2.43. The number of carbonyl (C=O) groups excluding carboxylic acids is 4. The predicted octanol–water partition coefficient (Wildman–Crippen LogP) is 3.14. The van der Waals surface area contributed by atoms with Crippen molar-refractivity contribution in [2.75, 3.05) is 12.3 Å². The Balaban J connectivity index is 1.37. The molecule has 0 saturated carbocycles. The fourth-order valence-electron chi connectivity index (χ4n) is 6.48. The second-order valence-corrected chi connectivity index (χ2v) is 15.4. The van der Waals surface area contributed by atoms with Crippen LogP contribution in [0.1, 0.15) is 74.6 Å². The molecular formula is C34H43N7O5S2. The predicted molar refractivity (Wildman–Crippen MR) is 186 cm³/mol. The molecule has 0 radical (unpaired) electrons. The number of hydrogen-bond donors (Lipinski definition) is 3. The normalized spacial score (nSPS) is 29.8. The number of nitrogens with zero attached hydrogens (tertiary/aromatic N) is 4. The fraction of sp³-hybridized carbons (Fsp3) is 0.559. The van der Waals surface area contributed by atoms with Gasteiger partial charge in [0.2, 0.25) is 23.6 Å². The summed E-state index contributed by atoms with van der Waals surface area (Å²) in [4.78, 5) is 71.0. The first-order chi connectivity index (χ1) is 23.0. The summed E-state index contributed by atoms with van der Waals surface area (Å²) in [5.41, 5.74) is 1.17. The lowest BCUT2D eigenvalue weighted by atomic mass is 10.0. The Morgan fingerprint density at radius 1 is 0.958 bits per heavy atom. The molecule has 1 aromatic carbocycles. The number of ether oxygens (including phenoxy) is 1. The lowest BCUT2D eigenvalue weighted by molar-refractivity contribution is -0.138. The van der Waals surface area contributed by atoms with Gasteiger partial charge in [0.15, 0.2) is 6.04 Å². The zero-order chi connectivity index (χ0) is 34.1. The van der Waals surface area contributed by atoms with Gasteiger partial charge in [0.25, 0.3) is 5.91 Å². The van der Waals surface area contributed by atoms with Crippen molar-refractivity contribution in [1.82, 2.24) is 25.8 Å². The van der Waals surface area contributed by atoms with Gasteiger partial charge in [-0.1, -0.05) is 58.0 Å². The third-order valence-electron chi connectivity index (χ3n) is 9.18. The monoisotopic (exact) mass is 693 g/mol. The molecule has 7 atom stereocenters. The van der Waals surface area contributed by atoms with E-state index in [0.29, 0.717) is 23.7 Å². The highest BCUT2D eigenvalue weighted by Crippen LogP contribution is 2.32. The van der Waals surface area contributed by atoms with Crippen LogP contribution in [0, 0.1) is 11.8 Å². The number of rotatable bonds is 4. The molecule has 12 nitrogen and oxygen atoms in total. The third kappa shape index (κ3) is 7.14. The van der Waals surface area contributed by atoms with Crippen molar-refractivity contribution in [1.29, 1.82) is 0 Å². The maximum atomic E-state index is 14.1. The van der Waals surface area contributed by atoms with E-state index in [9.17, 15) is 19.2 Å². The van der Waals surface area contributed by atoms with Crippen LogP contribution in [0.25, 0.3) is 0 Å². The van der Waals surface area contributed by atoms with Crippen molar-refractivity contribution in [2.45, 2.75) is 96.2 Å². The van der Waals surface area contributed by atoms with Crippen molar-refractivity contribution in [2.24, 2.45) is 21.8 Å². The summed E-state index contributed by atoms with van der Waals surface area (Å²) in [6, 6.07) is 6.01. The molecule has 14 heteroatoms. The Morgan fingerprint density at radius 3 is 2.42 bits per heavy atom. The van der Waals surface area contributed by atoms with Crippen LogP contribution in [0.15, 0.2) is 45.7 Å². The fourth-order valence-corrected chi connectivity index (χ4v) is 8.69. The van der Waals surface area contributed by atoms with Crippen LogP contribution in [0.3, 0.4) is 0 Å². The number of thioether (sulfide) groups is 1. The quantitative estimate of drug-likeness (QED) is 0.445. The zero-order valence-electron chi connectivity index (χ0n) is 27.8. The summed E-state index contributed by atoms with van der Waals surface area (Å²) in [6.07, 6.45) is 1.31. The Bertz CT molecular complexity index is 1610. The van der Waals surface area contributed by atoms with E-state index in [-0.39, 0.29) is 41.3 Å². The summed E-state index contributed by atoms with van der Waals surface area (Å²) in [5.74, 6) is -0.692. The molecule has 2 aromatic rings. The first-order valence-electron chi connectivity index (χ1n) is 16.7. The van der Waals surface area contributed by atoms with E-state index in [1.54, 1.807) is 12.3 Å². The second kappa shape index (κ2) is 14.4. The number of aromatic nitrogens is 1. The van der Waals surface area contributed by atoms with E-state index in [4.69, 9.17) is 14.7 Å². The highest BCUT2D eigenvalue weighted by molar-refractivity contribution is 8.14. The maximum Gasteiger partial charge on any atom is 0.271 e. The number of aliphatic imine (C=N–C) groups is 2. The van der Waals surface area contributed by atoms with Crippen LogP contribution in [-0.2, 0) is 25.5 Å². The average molecular weight is 694 g/mol. The maximum absolute atomic E-state index is 14.1. The third-order valence-corrected chi connectivity index (χ3v) is 11.3. The minimum absolute atomic E-state index is 0.00145. The van der Waals surface area contributed by atoms with Gasteiger partial charge in [-0.25, -0.2) is 9.98 Å². The van der Waals surface area contributed by atoms with Crippen LogP contribution < -0.4 is 16.0 Å². The van der Waals surface area contributed by atoms with Gasteiger partial charge in [-0.15, -0.1) is 23.1 Å². The number of carbonyl (C=O) groups is 4. The first-order valence-corrected chi connectivity index (χ1v) is 18.5. The molecule has 1 saturated heterocycles. The lowest BCUT2D eigenvalue weighted by Crippen LogP contribution is -2.55.